The highest BCUT2D eigenvalue weighted by atomic mass is 16.5. The van der Waals surface area contributed by atoms with Gasteiger partial charge in [-0.05, 0) is 17.7 Å². The second-order valence-electron chi connectivity index (χ2n) is 3.22. The average Bonchev–Trinajstić information content (AvgIpc) is 2.29. The monoisotopic (exact) mass is 200 g/mol. The van der Waals surface area contributed by atoms with E-state index in [1.54, 1.807) is 19.2 Å². The van der Waals surface area contributed by atoms with Gasteiger partial charge in [-0.15, -0.1) is 0 Å². The highest BCUT2D eigenvalue weighted by molar-refractivity contribution is 5.76. The Morgan fingerprint density at radius 1 is 0.933 bits per heavy atom. The van der Waals surface area contributed by atoms with Crippen LogP contribution in [0.4, 0.5) is 0 Å². The minimum atomic E-state index is 0.237. The molecule has 0 spiro atoms. The third-order valence-corrected chi connectivity index (χ3v) is 2.29. The molecule has 0 saturated heterocycles. The van der Waals surface area contributed by atoms with E-state index in [0.717, 1.165) is 11.1 Å². The van der Waals surface area contributed by atoms with Gasteiger partial charge in [-0.1, -0.05) is 36.4 Å². The number of benzene rings is 2. The van der Waals surface area contributed by atoms with Crippen molar-refractivity contribution in [3.05, 3.63) is 48.5 Å². The molecule has 2 aromatic carbocycles. The third kappa shape index (κ3) is 1.79. The van der Waals surface area contributed by atoms with E-state index in [1.807, 2.05) is 36.4 Å². The lowest BCUT2D eigenvalue weighted by molar-refractivity contribution is 0.410. The summed E-state index contributed by atoms with van der Waals surface area (Å²) in [5.74, 6) is 0.918. The van der Waals surface area contributed by atoms with Crippen molar-refractivity contribution >= 4 is 0 Å². The molecule has 2 nitrogen and oxygen atoms in total. The number of ether oxygens (including phenoxy) is 1. The van der Waals surface area contributed by atoms with Gasteiger partial charge in [-0.25, -0.2) is 0 Å². The Labute approximate surface area is 88.8 Å². The van der Waals surface area contributed by atoms with E-state index in [1.165, 1.54) is 0 Å². The normalized spacial score (nSPS) is 9.93. The molecule has 2 aromatic rings. The zero-order chi connectivity index (χ0) is 10.7. The van der Waals surface area contributed by atoms with Crippen LogP contribution in [-0.2, 0) is 0 Å². The molecule has 0 atom stereocenters. The van der Waals surface area contributed by atoms with E-state index in [-0.39, 0.29) is 5.75 Å². The van der Waals surface area contributed by atoms with Gasteiger partial charge in [0.2, 0.25) is 0 Å². The maximum Gasteiger partial charge on any atom is 0.130 e. The minimum Gasteiger partial charge on any atom is -0.507 e. The first kappa shape index (κ1) is 9.59. The van der Waals surface area contributed by atoms with Crippen molar-refractivity contribution in [2.75, 3.05) is 7.11 Å². The van der Waals surface area contributed by atoms with Crippen molar-refractivity contribution in [1.82, 2.24) is 0 Å². The first-order chi connectivity index (χ1) is 7.33. The topological polar surface area (TPSA) is 29.5 Å². The molecule has 0 saturated carbocycles. The standard InChI is InChI=1S/C13H12O2/c1-15-12-9-5-8-11(14)13(12)10-6-3-2-4-7-10/h2-9,14H,1H3. The number of aromatic hydroxyl groups is 1. The van der Waals surface area contributed by atoms with Crippen molar-refractivity contribution in [2.24, 2.45) is 0 Å². The Morgan fingerprint density at radius 3 is 2.33 bits per heavy atom. The molecule has 15 heavy (non-hydrogen) atoms. The number of rotatable bonds is 2. The molecule has 2 heteroatoms. The van der Waals surface area contributed by atoms with Crippen molar-refractivity contribution in [2.45, 2.75) is 0 Å². The van der Waals surface area contributed by atoms with Crippen LogP contribution >= 0.6 is 0 Å². The fraction of sp³-hybridized carbons (Fsp3) is 0.0769. The first-order valence-corrected chi connectivity index (χ1v) is 4.74. The van der Waals surface area contributed by atoms with Gasteiger partial charge in [-0.3, -0.25) is 0 Å². The average molecular weight is 200 g/mol. The molecule has 0 aliphatic carbocycles. The van der Waals surface area contributed by atoms with Crippen LogP contribution in [0.15, 0.2) is 48.5 Å². The van der Waals surface area contributed by atoms with Gasteiger partial charge in [0.25, 0.3) is 0 Å². The van der Waals surface area contributed by atoms with Crippen LogP contribution < -0.4 is 4.74 Å². The van der Waals surface area contributed by atoms with Gasteiger partial charge >= 0.3 is 0 Å². The molecule has 0 radical (unpaired) electrons. The van der Waals surface area contributed by atoms with Crippen molar-refractivity contribution in [1.29, 1.82) is 0 Å². The van der Waals surface area contributed by atoms with E-state index < -0.39 is 0 Å². The van der Waals surface area contributed by atoms with E-state index in [4.69, 9.17) is 4.74 Å². The molecule has 0 aliphatic rings. The Hall–Kier alpha value is -1.96. The van der Waals surface area contributed by atoms with Crippen molar-refractivity contribution in [3.63, 3.8) is 0 Å². The predicted molar refractivity (Wildman–Crippen MR) is 60.1 cm³/mol. The highest BCUT2D eigenvalue weighted by Gasteiger charge is 2.09. The van der Waals surface area contributed by atoms with E-state index >= 15 is 0 Å². The number of hydrogen-bond donors (Lipinski definition) is 1. The lowest BCUT2D eigenvalue weighted by Crippen LogP contribution is -1.87. The molecule has 0 unspecified atom stereocenters. The largest absolute Gasteiger partial charge is 0.507 e. The predicted octanol–water partition coefficient (Wildman–Crippen LogP) is 3.07. The molecule has 0 bridgehead atoms. The Bertz CT molecular complexity index is 449. The molecule has 76 valence electrons. The SMILES string of the molecule is COc1cccc(O)c1-c1ccccc1. The van der Waals surface area contributed by atoms with Crippen molar-refractivity contribution < 1.29 is 9.84 Å². The van der Waals surface area contributed by atoms with E-state index in [9.17, 15) is 5.11 Å². The molecule has 0 amide bonds. The Balaban J connectivity index is 2.61. The number of methoxy groups -OCH3 is 1. The van der Waals surface area contributed by atoms with Crippen LogP contribution in [0.25, 0.3) is 11.1 Å². The summed E-state index contributed by atoms with van der Waals surface area (Å²) in [5, 5.41) is 9.80. The summed E-state index contributed by atoms with van der Waals surface area (Å²) < 4.78 is 5.22. The molecule has 2 rings (SSSR count). The second kappa shape index (κ2) is 4.05. The summed E-state index contributed by atoms with van der Waals surface area (Å²) in [6, 6.07) is 14.9. The minimum absolute atomic E-state index is 0.237. The second-order valence-corrected chi connectivity index (χ2v) is 3.22. The fourth-order valence-corrected chi connectivity index (χ4v) is 1.58. The molecule has 0 heterocycles. The van der Waals surface area contributed by atoms with Gasteiger partial charge in [0.15, 0.2) is 0 Å². The van der Waals surface area contributed by atoms with Crippen LogP contribution in [0.2, 0.25) is 0 Å². The summed E-state index contributed by atoms with van der Waals surface area (Å²) in [4.78, 5) is 0. The van der Waals surface area contributed by atoms with Crippen LogP contribution in [0.1, 0.15) is 0 Å². The van der Waals surface area contributed by atoms with Crippen LogP contribution in [0.5, 0.6) is 11.5 Å². The lowest BCUT2D eigenvalue weighted by atomic mass is 10.0. The van der Waals surface area contributed by atoms with E-state index in [0.29, 0.717) is 5.75 Å². The summed E-state index contributed by atoms with van der Waals surface area (Å²) >= 11 is 0. The third-order valence-electron chi connectivity index (χ3n) is 2.29. The highest BCUT2D eigenvalue weighted by Crippen LogP contribution is 2.36. The van der Waals surface area contributed by atoms with Gasteiger partial charge in [0.05, 0.1) is 12.7 Å². The zero-order valence-electron chi connectivity index (χ0n) is 8.47. The maximum absolute atomic E-state index is 9.80. The zero-order valence-corrected chi connectivity index (χ0v) is 8.47. The maximum atomic E-state index is 9.80. The smallest absolute Gasteiger partial charge is 0.130 e. The molecule has 1 N–H and O–H groups in total. The molecular weight excluding hydrogens is 188 g/mol. The van der Waals surface area contributed by atoms with Crippen LogP contribution in [0.3, 0.4) is 0 Å². The molecule has 0 fully saturated rings. The summed E-state index contributed by atoms with van der Waals surface area (Å²) in [5.41, 5.74) is 1.69. The van der Waals surface area contributed by atoms with E-state index in [2.05, 4.69) is 0 Å². The Kier molecular flexibility index (Phi) is 2.59. The molecule has 0 aliphatic heterocycles. The Morgan fingerprint density at radius 2 is 1.67 bits per heavy atom. The van der Waals surface area contributed by atoms with Gasteiger partial charge in [-0.2, -0.15) is 0 Å². The number of hydrogen-bond acceptors (Lipinski definition) is 2. The van der Waals surface area contributed by atoms with Crippen LogP contribution in [-0.4, -0.2) is 12.2 Å². The molecular formula is C13H12O2. The van der Waals surface area contributed by atoms with Crippen molar-refractivity contribution in [3.8, 4) is 22.6 Å². The van der Waals surface area contributed by atoms with Gasteiger partial charge in [0, 0.05) is 0 Å². The molecule has 0 aromatic heterocycles. The fourth-order valence-electron chi connectivity index (χ4n) is 1.58. The lowest BCUT2D eigenvalue weighted by Gasteiger charge is -2.09. The van der Waals surface area contributed by atoms with Gasteiger partial charge < -0.3 is 9.84 Å². The summed E-state index contributed by atoms with van der Waals surface area (Å²) in [7, 11) is 1.60. The number of phenolic OH excluding ortho intramolecular Hbond substituents is 1. The number of phenols is 1. The van der Waals surface area contributed by atoms with Crippen LogP contribution in [0, 0.1) is 0 Å². The quantitative estimate of drug-likeness (QED) is 0.807. The first-order valence-electron chi connectivity index (χ1n) is 4.74. The van der Waals surface area contributed by atoms with Gasteiger partial charge in [0.1, 0.15) is 11.5 Å². The summed E-state index contributed by atoms with van der Waals surface area (Å²) in [6.45, 7) is 0. The summed E-state index contributed by atoms with van der Waals surface area (Å²) in [6.07, 6.45) is 0.